The van der Waals surface area contributed by atoms with E-state index >= 15 is 0 Å². The average molecular weight is 324 g/mol. The summed E-state index contributed by atoms with van der Waals surface area (Å²) in [5.74, 6) is 0.991. The van der Waals surface area contributed by atoms with Crippen LogP contribution in [0.1, 0.15) is 33.8 Å². The molecule has 0 bridgehead atoms. The lowest BCUT2D eigenvalue weighted by molar-refractivity contribution is 0.728. The van der Waals surface area contributed by atoms with Crippen LogP contribution in [0.3, 0.4) is 0 Å². The van der Waals surface area contributed by atoms with E-state index in [0.29, 0.717) is 4.83 Å². The molecule has 3 heteroatoms. The molecule has 2 rings (SSSR count). The minimum atomic E-state index is 0.579. The molecule has 1 aromatic rings. The number of rotatable bonds is 3. The quantitative estimate of drug-likeness (QED) is 0.682. The van der Waals surface area contributed by atoms with E-state index in [1.807, 2.05) is 11.3 Å². The Morgan fingerprint density at radius 1 is 1.62 bits per heavy atom. The Hall–Kier alpha value is 0.660. The van der Waals surface area contributed by atoms with E-state index in [1.54, 1.807) is 0 Å². The minimum Gasteiger partial charge on any atom is -0.143 e. The molecule has 1 unspecified atom stereocenters. The molecule has 72 valence electrons. The lowest BCUT2D eigenvalue weighted by atomic mass is 10.2. The van der Waals surface area contributed by atoms with E-state index in [2.05, 4.69) is 44.8 Å². The predicted octanol–water partition coefficient (Wildman–Crippen LogP) is 5.06. The maximum Gasteiger partial charge on any atom is 0.0492 e. The highest BCUT2D eigenvalue weighted by atomic mass is 79.9. The topological polar surface area (TPSA) is 0 Å². The fourth-order valence-corrected chi connectivity index (χ4v) is 3.89. The van der Waals surface area contributed by atoms with Gasteiger partial charge in [0.1, 0.15) is 0 Å². The molecule has 0 saturated heterocycles. The van der Waals surface area contributed by atoms with Gasteiger partial charge in [0, 0.05) is 19.1 Å². The van der Waals surface area contributed by atoms with Crippen LogP contribution in [-0.2, 0) is 0 Å². The molecule has 1 aliphatic carbocycles. The maximum absolute atomic E-state index is 3.76. The van der Waals surface area contributed by atoms with Gasteiger partial charge in [0.15, 0.2) is 0 Å². The highest BCUT2D eigenvalue weighted by Gasteiger charge is 2.25. The largest absolute Gasteiger partial charge is 0.143 e. The van der Waals surface area contributed by atoms with Gasteiger partial charge in [-0.05, 0) is 41.3 Å². The van der Waals surface area contributed by atoms with Crippen molar-refractivity contribution in [3.63, 3.8) is 0 Å². The van der Waals surface area contributed by atoms with E-state index in [4.69, 9.17) is 0 Å². The summed E-state index contributed by atoms with van der Waals surface area (Å²) in [6.45, 7) is 2.16. The number of halogens is 2. The standard InChI is InChI=1S/C10H12Br2S/c1-6-8(11)5-10(13-6)9(12)4-7-2-3-7/h5,7,9H,2-4H2,1H3. The van der Waals surface area contributed by atoms with Crippen LogP contribution in [0.15, 0.2) is 10.5 Å². The van der Waals surface area contributed by atoms with Crippen molar-refractivity contribution in [2.45, 2.75) is 31.0 Å². The van der Waals surface area contributed by atoms with Crippen LogP contribution in [0.4, 0.5) is 0 Å². The molecule has 1 fully saturated rings. The monoisotopic (exact) mass is 322 g/mol. The number of hydrogen-bond donors (Lipinski definition) is 0. The van der Waals surface area contributed by atoms with Crippen LogP contribution in [0, 0.1) is 12.8 Å². The molecule has 0 amide bonds. The van der Waals surface area contributed by atoms with Crippen LogP contribution < -0.4 is 0 Å². The van der Waals surface area contributed by atoms with Crippen molar-refractivity contribution >= 4 is 43.2 Å². The molecule has 1 aromatic heterocycles. The normalized spacial score (nSPS) is 19.0. The van der Waals surface area contributed by atoms with Crippen molar-refractivity contribution < 1.29 is 0 Å². The highest BCUT2D eigenvalue weighted by Crippen LogP contribution is 2.44. The smallest absolute Gasteiger partial charge is 0.0492 e. The third kappa shape index (κ3) is 2.57. The summed E-state index contributed by atoms with van der Waals surface area (Å²) in [6, 6.07) is 2.25. The molecule has 0 N–H and O–H groups in total. The lowest BCUT2D eigenvalue weighted by Crippen LogP contribution is -1.86. The van der Waals surface area contributed by atoms with Crippen molar-refractivity contribution in [2.24, 2.45) is 5.92 Å². The molecule has 0 aliphatic heterocycles. The van der Waals surface area contributed by atoms with E-state index in [1.165, 1.54) is 33.5 Å². The third-order valence-corrected chi connectivity index (χ3v) is 5.84. The van der Waals surface area contributed by atoms with Crippen molar-refractivity contribution in [1.82, 2.24) is 0 Å². The molecule has 1 saturated carbocycles. The number of hydrogen-bond acceptors (Lipinski definition) is 1. The van der Waals surface area contributed by atoms with Crippen molar-refractivity contribution in [2.75, 3.05) is 0 Å². The van der Waals surface area contributed by atoms with Crippen LogP contribution in [0.2, 0.25) is 0 Å². The summed E-state index contributed by atoms with van der Waals surface area (Å²) < 4.78 is 1.26. The average Bonchev–Trinajstić information content (AvgIpc) is 2.81. The van der Waals surface area contributed by atoms with E-state index in [9.17, 15) is 0 Å². The summed E-state index contributed by atoms with van der Waals surface area (Å²) in [5.41, 5.74) is 0. The predicted molar refractivity (Wildman–Crippen MR) is 65.8 cm³/mol. The first kappa shape index (κ1) is 10.2. The lowest BCUT2D eigenvalue weighted by Gasteiger charge is -2.04. The summed E-state index contributed by atoms with van der Waals surface area (Å²) in [7, 11) is 0. The second-order valence-electron chi connectivity index (χ2n) is 3.70. The Kier molecular flexibility index (Phi) is 3.16. The zero-order valence-corrected chi connectivity index (χ0v) is 11.5. The first-order valence-electron chi connectivity index (χ1n) is 4.56. The van der Waals surface area contributed by atoms with Gasteiger partial charge in [0.2, 0.25) is 0 Å². The molecule has 1 aliphatic rings. The Morgan fingerprint density at radius 2 is 2.31 bits per heavy atom. The maximum atomic E-state index is 3.76. The molecule has 0 radical (unpaired) electrons. The fraction of sp³-hybridized carbons (Fsp3) is 0.600. The van der Waals surface area contributed by atoms with Gasteiger partial charge in [-0.25, -0.2) is 0 Å². The van der Waals surface area contributed by atoms with Gasteiger partial charge in [-0.15, -0.1) is 11.3 Å². The van der Waals surface area contributed by atoms with Gasteiger partial charge < -0.3 is 0 Å². The molecule has 0 aromatic carbocycles. The number of aryl methyl sites for hydroxylation is 1. The molecule has 1 heterocycles. The first-order valence-corrected chi connectivity index (χ1v) is 7.09. The van der Waals surface area contributed by atoms with E-state index in [-0.39, 0.29) is 0 Å². The molecular weight excluding hydrogens is 312 g/mol. The van der Waals surface area contributed by atoms with Crippen LogP contribution in [0.25, 0.3) is 0 Å². The van der Waals surface area contributed by atoms with Gasteiger partial charge >= 0.3 is 0 Å². The second kappa shape index (κ2) is 4.03. The molecule has 1 atom stereocenters. The Bertz CT molecular complexity index is 282. The van der Waals surface area contributed by atoms with E-state index in [0.717, 1.165) is 5.92 Å². The van der Waals surface area contributed by atoms with E-state index < -0.39 is 0 Å². The summed E-state index contributed by atoms with van der Waals surface area (Å²) in [4.78, 5) is 3.43. The van der Waals surface area contributed by atoms with Crippen molar-refractivity contribution in [3.8, 4) is 0 Å². The third-order valence-electron chi connectivity index (χ3n) is 2.42. The SMILES string of the molecule is Cc1sc(C(Br)CC2CC2)cc1Br. The Balaban J connectivity index is 2.05. The van der Waals surface area contributed by atoms with Gasteiger partial charge in [0.25, 0.3) is 0 Å². The van der Waals surface area contributed by atoms with Crippen LogP contribution in [0.5, 0.6) is 0 Å². The fourth-order valence-electron chi connectivity index (χ4n) is 1.40. The zero-order valence-electron chi connectivity index (χ0n) is 7.52. The molecule has 13 heavy (non-hydrogen) atoms. The number of thiophene rings is 1. The van der Waals surface area contributed by atoms with Gasteiger partial charge in [0.05, 0.1) is 0 Å². The first-order chi connectivity index (χ1) is 6.16. The Morgan fingerprint density at radius 3 is 2.77 bits per heavy atom. The minimum absolute atomic E-state index is 0.579. The number of alkyl halides is 1. The molecule has 0 nitrogen and oxygen atoms in total. The van der Waals surface area contributed by atoms with Crippen molar-refractivity contribution in [1.29, 1.82) is 0 Å². The summed E-state index contributed by atoms with van der Waals surface area (Å²) >= 11 is 9.22. The zero-order chi connectivity index (χ0) is 9.42. The van der Waals surface area contributed by atoms with Crippen molar-refractivity contribution in [3.05, 3.63) is 20.3 Å². The molecule has 0 spiro atoms. The Labute approximate surface area is 100.0 Å². The molecular formula is C10H12Br2S. The second-order valence-corrected chi connectivity index (χ2v) is 6.95. The highest BCUT2D eigenvalue weighted by molar-refractivity contribution is 9.10. The summed E-state index contributed by atoms with van der Waals surface area (Å²) in [5, 5.41) is 0. The van der Waals surface area contributed by atoms with Gasteiger partial charge in [-0.1, -0.05) is 28.8 Å². The summed E-state index contributed by atoms with van der Waals surface area (Å²) in [6.07, 6.45) is 4.19. The van der Waals surface area contributed by atoms with Gasteiger partial charge in [-0.3, -0.25) is 0 Å². The van der Waals surface area contributed by atoms with Crippen LogP contribution >= 0.6 is 43.2 Å². The van der Waals surface area contributed by atoms with Crippen LogP contribution in [-0.4, -0.2) is 0 Å². The van der Waals surface area contributed by atoms with Gasteiger partial charge in [-0.2, -0.15) is 0 Å².